The Morgan fingerprint density at radius 3 is 2.25 bits per heavy atom. The summed E-state index contributed by atoms with van der Waals surface area (Å²) >= 11 is 0. The zero-order valence-corrected chi connectivity index (χ0v) is 11.3. The summed E-state index contributed by atoms with van der Waals surface area (Å²) in [5.41, 5.74) is 0.188. The molecule has 2 nitrogen and oxygen atoms in total. The van der Waals surface area contributed by atoms with Gasteiger partial charge in [0.15, 0.2) is 11.6 Å². The van der Waals surface area contributed by atoms with Crippen LogP contribution in [0.1, 0.15) is 31.2 Å². The zero-order valence-electron chi connectivity index (χ0n) is 11.3. The van der Waals surface area contributed by atoms with E-state index in [0.717, 1.165) is 38.0 Å². The number of halogens is 3. The lowest BCUT2D eigenvalue weighted by molar-refractivity contribution is 0.189. The number of likely N-dealkylation sites (tertiary alicyclic amines) is 1. The molecule has 1 saturated carbocycles. The molecule has 1 aliphatic heterocycles. The van der Waals surface area contributed by atoms with Gasteiger partial charge >= 0.3 is 0 Å². The molecule has 0 unspecified atom stereocenters. The molecule has 0 radical (unpaired) electrons. The van der Waals surface area contributed by atoms with Crippen molar-refractivity contribution in [2.24, 2.45) is 0 Å². The van der Waals surface area contributed by atoms with Crippen molar-refractivity contribution in [2.75, 3.05) is 13.1 Å². The Morgan fingerprint density at radius 2 is 1.60 bits per heavy atom. The Labute approximate surface area is 117 Å². The normalized spacial score (nSPS) is 21.4. The fraction of sp³-hybridized carbons (Fsp3) is 0.600. The largest absolute Gasteiger partial charge is 0.310 e. The number of benzene rings is 1. The van der Waals surface area contributed by atoms with Crippen LogP contribution in [0.4, 0.5) is 13.2 Å². The van der Waals surface area contributed by atoms with Crippen LogP contribution in [0.5, 0.6) is 0 Å². The molecule has 1 aliphatic carbocycles. The monoisotopic (exact) mass is 284 g/mol. The van der Waals surface area contributed by atoms with E-state index < -0.39 is 17.5 Å². The molecule has 0 bridgehead atoms. The van der Waals surface area contributed by atoms with Gasteiger partial charge in [-0.3, -0.25) is 0 Å². The van der Waals surface area contributed by atoms with Crippen LogP contribution in [-0.2, 0) is 6.54 Å². The van der Waals surface area contributed by atoms with Gasteiger partial charge in [0, 0.05) is 30.3 Å². The number of rotatable bonds is 4. The van der Waals surface area contributed by atoms with Crippen LogP contribution in [0.15, 0.2) is 12.1 Å². The molecular weight excluding hydrogens is 265 g/mol. The van der Waals surface area contributed by atoms with Crippen molar-refractivity contribution in [3.63, 3.8) is 0 Å². The van der Waals surface area contributed by atoms with E-state index >= 15 is 0 Å². The van der Waals surface area contributed by atoms with Crippen molar-refractivity contribution in [2.45, 2.75) is 44.3 Å². The Hall–Kier alpha value is -1.07. The van der Waals surface area contributed by atoms with Gasteiger partial charge in [0.2, 0.25) is 0 Å². The summed E-state index contributed by atoms with van der Waals surface area (Å²) in [5.74, 6) is -2.82. The van der Waals surface area contributed by atoms with E-state index in [1.165, 1.54) is 12.8 Å². The molecular formula is C15H19F3N2. The topological polar surface area (TPSA) is 15.3 Å². The van der Waals surface area contributed by atoms with Crippen molar-refractivity contribution in [3.8, 4) is 0 Å². The van der Waals surface area contributed by atoms with Crippen LogP contribution in [0.3, 0.4) is 0 Å². The fourth-order valence-electron chi connectivity index (χ4n) is 2.86. The molecule has 20 heavy (non-hydrogen) atoms. The maximum Gasteiger partial charge on any atom is 0.161 e. The Balaban J connectivity index is 1.51. The van der Waals surface area contributed by atoms with Gasteiger partial charge in [0.25, 0.3) is 0 Å². The molecule has 0 aromatic heterocycles. The maximum atomic E-state index is 13.5. The number of hydrogen-bond acceptors (Lipinski definition) is 2. The lowest BCUT2D eigenvalue weighted by atomic mass is 10.0. The molecule has 1 N–H and O–H groups in total. The number of piperidine rings is 1. The smallest absolute Gasteiger partial charge is 0.161 e. The highest BCUT2D eigenvalue weighted by Crippen LogP contribution is 2.29. The Morgan fingerprint density at radius 1 is 0.950 bits per heavy atom. The van der Waals surface area contributed by atoms with Gasteiger partial charge in [0.05, 0.1) is 0 Å². The van der Waals surface area contributed by atoms with Gasteiger partial charge in [-0.15, -0.1) is 0 Å². The predicted octanol–water partition coefficient (Wildman–Crippen LogP) is 2.82. The van der Waals surface area contributed by atoms with Crippen molar-refractivity contribution in [1.29, 1.82) is 0 Å². The highest BCUT2D eigenvalue weighted by molar-refractivity contribution is 5.20. The summed E-state index contributed by atoms with van der Waals surface area (Å²) in [5, 5.41) is 3.25. The van der Waals surface area contributed by atoms with Crippen molar-refractivity contribution >= 4 is 0 Å². The number of nitrogens with one attached hydrogen (secondary N) is 1. The van der Waals surface area contributed by atoms with E-state index in [0.29, 0.717) is 12.1 Å². The first-order valence-corrected chi connectivity index (χ1v) is 7.24. The minimum absolute atomic E-state index is 0.188. The average molecular weight is 284 g/mol. The first kappa shape index (κ1) is 13.9. The van der Waals surface area contributed by atoms with Crippen LogP contribution in [0, 0.1) is 17.5 Å². The summed E-state index contributed by atoms with van der Waals surface area (Å²) < 4.78 is 39.4. The first-order valence-electron chi connectivity index (χ1n) is 7.24. The molecule has 2 aliphatic rings. The van der Waals surface area contributed by atoms with Crippen LogP contribution in [0.2, 0.25) is 0 Å². The minimum Gasteiger partial charge on any atom is -0.310 e. The standard InChI is InChI=1S/C15H19F3N2/c16-13-8-15(18)14(17)7-10(13)9-19-11-3-5-20(6-4-11)12-1-2-12/h7-8,11-12,19H,1-6,9H2. The third-order valence-electron chi connectivity index (χ3n) is 4.26. The van der Waals surface area contributed by atoms with E-state index in [1.807, 2.05) is 0 Å². The van der Waals surface area contributed by atoms with Crippen LogP contribution < -0.4 is 5.32 Å². The molecule has 0 amide bonds. The van der Waals surface area contributed by atoms with Gasteiger partial charge in [0.1, 0.15) is 5.82 Å². The summed E-state index contributed by atoms with van der Waals surface area (Å²) in [6.07, 6.45) is 4.69. The van der Waals surface area contributed by atoms with Crippen molar-refractivity contribution in [1.82, 2.24) is 10.2 Å². The van der Waals surface area contributed by atoms with Gasteiger partial charge in [-0.05, 0) is 44.8 Å². The first-order chi connectivity index (χ1) is 9.63. The lowest BCUT2D eigenvalue weighted by Gasteiger charge is -2.32. The summed E-state index contributed by atoms with van der Waals surface area (Å²) in [6.45, 7) is 2.39. The Bertz CT molecular complexity index is 480. The summed E-state index contributed by atoms with van der Waals surface area (Å²) in [7, 11) is 0. The number of nitrogens with zero attached hydrogens (tertiary/aromatic N) is 1. The second kappa shape index (κ2) is 5.74. The fourth-order valence-corrected chi connectivity index (χ4v) is 2.86. The van der Waals surface area contributed by atoms with Gasteiger partial charge in [-0.25, -0.2) is 13.2 Å². The highest BCUT2D eigenvalue weighted by Gasteiger charge is 2.31. The van der Waals surface area contributed by atoms with E-state index in [2.05, 4.69) is 10.2 Å². The molecule has 0 spiro atoms. The van der Waals surface area contributed by atoms with Crippen LogP contribution in [0.25, 0.3) is 0 Å². The van der Waals surface area contributed by atoms with E-state index in [4.69, 9.17) is 0 Å². The quantitative estimate of drug-likeness (QED) is 0.855. The summed E-state index contributed by atoms with van der Waals surface area (Å²) in [4.78, 5) is 2.51. The summed E-state index contributed by atoms with van der Waals surface area (Å²) in [6, 6.07) is 2.68. The van der Waals surface area contributed by atoms with Crippen molar-refractivity contribution < 1.29 is 13.2 Å². The van der Waals surface area contributed by atoms with Crippen LogP contribution in [-0.4, -0.2) is 30.1 Å². The second-order valence-electron chi connectivity index (χ2n) is 5.78. The van der Waals surface area contributed by atoms with E-state index in [1.54, 1.807) is 0 Å². The van der Waals surface area contributed by atoms with Gasteiger partial charge < -0.3 is 10.2 Å². The molecule has 1 aromatic carbocycles. The lowest BCUT2D eigenvalue weighted by Crippen LogP contribution is -2.43. The van der Waals surface area contributed by atoms with Gasteiger partial charge in [-0.2, -0.15) is 0 Å². The molecule has 1 saturated heterocycles. The second-order valence-corrected chi connectivity index (χ2v) is 5.78. The molecule has 1 heterocycles. The van der Waals surface area contributed by atoms with E-state index in [-0.39, 0.29) is 12.1 Å². The number of hydrogen-bond donors (Lipinski definition) is 1. The molecule has 3 rings (SSSR count). The molecule has 1 aromatic rings. The molecule has 110 valence electrons. The van der Waals surface area contributed by atoms with Crippen molar-refractivity contribution in [3.05, 3.63) is 35.1 Å². The minimum atomic E-state index is -1.14. The third-order valence-corrected chi connectivity index (χ3v) is 4.26. The van der Waals surface area contributed by atoms with E-state index in [9.17, 15) is 13.2 Å². The van der Waals surface area contributed by atoms with Crippen LogP contribution >= 0.6 is 0 Å². The SMILES string of the molecule is Fc1cc(F)c(CNC2CCN(C3CC3)CC2)cc1F. The highest BCUT2D eigenvalue weighted by atomic mass is 19.2. The maximum absolute atomic E-state index is 13.5. The van der Waals surface area contributed by atoms with Gasteiger partial charge in [-0.1, -0.05) is 0 Å². The molecule has 5 heteroatoms. The average Bonchev–Trinajstić information content (AvgIpc) is 3.26. The zero-order chi connectivity index (χ0) is 14.1. The molecule has 2 fully saturated rings. The molecule has 0 atom stereocenters. The predicted molar refractivity (Wildman–Crippen MR) is 70.8 cm³/mol. The third kappa shape index (κ3) is 3.15. The Kier molecular flexibility index (Phi) is 3.98.